The molecule has 7 heteroatoms. The van der Waals surface area contributed by atoms with Crippen LogP contribution in [0, 0.1) is 0 Å². The van der Waals surface area contributed by atoms with Gasteiger partial charge in [-0.15, -0.1) is 0 Å². The monoisotopic (exact) mass is 551 g/mol. The number of ether oxygens (including phenoxy) is 1. The van der Waals surface area contributed by atoms with Crippen LogP contribution in [0.15, 0.2) is 83.3 Å². The summed E-state index contributed by atoms with van der Waals surface area (Å²) >= 11 is 9.09. The second-order valence-corrected chi connectivity index (χ2v) is 9.74. The molecule has 4 rings (SSSR count). The van der Waals surface area contributed by atoms with Crippen molar-refractivity contribution in [1.82, 2.24) is 15.1 Å². The van der Waals surface area contributed by atoms with Crippen LogP contribution in [0.4, 0.5) is 0 Å². The summed E-state index contributed by atoms with van der Waals surface area (Å²) in [5, 5.41) is 3.37. The maximum Gasteiger partial charge on any atom is 0.257 e. The fourth-order valence-electron chi connectivity index (χ4n) is 4.29. The number of amides is 1. The number of halogens is 1. The largest absolute Gasteiger partial charge is 0.492 e. The van der Waals surface area contributed by atoms with E-state index in [0.29, 0.717) is 17.3 Å². The summed E-state index contributed by atoms with van der Waals surface area (Å²) in [6.07, 6.45) is 0.924. The molecule has 0 radical (unpaired) electrons. The van der Waals surface area contributed by atoms with E-state index in [1.54, 1.807) is 12.1 Å². The topological polar surface area (TPSA) is 44.8 Å². The van der Waals surface area contributed by atoms with Crippen LogP contribution in [0.5, 0.6) is 5.75 Å². The smallest absolute Gasteiger partial charge is 0.257 e. The summed E-state index contributed by atoms with van der Waals surface area (Å²) in [6, 6.07) is 26.7. The van der Waals surface area contributed by atoms with Gasteiger partial charge in [0.2, 0.25) is 0 Å². The molecule has 0 aliphatic carbocycles. The normalized spacial score (nSPS) is 14.1. The zero-order valence-corrected chi connectivity index (χ0v) is 22.2. The number of nitrogens with one attached hydrogen (secondary N) is 1. The number of carbonyl (C=O) groups excluding carboxylic acids is 1. The number of hydrogen-bond acceptors (Lipinski definition) is 4. The van der Waals surface area contributed by atoms with Crippen LogP contribution in [0.25, 0.3) is 0 Å². The summed E-state index contributed by atoms with van der Waals surface area (Å²) in [7, 11) is 0. The van der Waals surface area contributed by atoms with Gasteiger partial charge >= 0.3 is 0 Å². The van der Waals surface area contributed by atoms with Crippen LogP contribution in [-0.4, -0.2) is 53.6 Å². The fourth-order valence-corrected chi connectivity index (χ4v) is 5.06. The minimum absolute atomic E-state index is 0.188. The highest BCUT2D eigenvalue weighted by molar-refractivity contribution is 9.10. The molecule has 1 aliphatic rings. The number of thiocarbonyl (C=S) groups is 1. The Kier molecular flexibility index (Phi) is 8.90. The van der Waals surface area contributed by atoms with Gasteiger partial charge in [0.25, 0.3) is 5.91 Å². The van der Waals surface area contributed by atoms with Crippen molar-refractivity contribution < 1.29 is 9.53 Å². The molecule has 0 unspecified atom stereocenters. The van der Waals surface area contributed by atoms with Gasteiger partial charge in [0.05, 0.1) is 17.1 Å². The van der Waals surface area contributed by atoms with Gasteiger partial charge in [-0.05, 0) is 63.9 Å². The van der Waals surface area contributed by atoms with Gasteiger partial charge in [0.1, 0.15) is 5.75 Å². The van der Waals surface area contributed by atoms with Gasteiger partial charge in [-0.25, -0.2) is 0 Å². The highest BCUT2D eigenvalue weighted by atomic mass is 79.9. The standard InChI is InChI=1S/C28H30BrN3O2S/c1-2-19-34-25-14-13-23(20-24(25)29)27(33)30-28(35)32-17-15-31(16-18-32)26(21-9-5-3-6-10-21)22-11-7-4-8-12-22/h3-14,20,26H,2,15-19H2,1H3,(H,30,33,35). The lowest BCUT2D eigenvalue weighted by molar-refractivity contribution is 0.0967. The van der Waals surface area contributed by atoms with Gasteiger partial charge in [-0.2, -0.15) is 0 Å². The molecule has 0 atom stereocenters. The van der Waals surface area contributed by atoms with Crippen molar-refractivity contribution in [3.8, 4) is 5.75 Å². The maximum atomic E-state index is 12.8. The molecule has 3 aromatic carbocycles. The molecule has 1 aliphatic heterocycles. The first-order valence-electron chi connectivity index (χ1n) is 11.9. The lowest BCUT2D eigenvalue weighted by atomic mass is 9.96. The number of carbonyl (C=O) groups is 1. The van der Waals surface area contributed by atoms with Crippen LogP contribution in [-0.2, 0) is 0 Å². The number of hydrogen-bond donors (Lipinski definition) is 1. The zero-order chi connectivity index (χ0) is 24.6. The Labute approximate surface area is 221 Å². The van der Waals surface area contributed by atoms with E-state index < -0.39 is 0 Å². The molecular weight excluding hydrogens is 522 g/mol. The minimum Gasteiger partial charge on any atom is -0.492 e. The lowest BCUT2D eigenvalue weighted by Gasteiger charge is -2.40. The zero-order valence-electron chi connectivity index (χ0n) is 19.8. The minimum atomic E-state index is -0.216. The van der Waals surface area contributed by atoms with Crippen molar-refractivity contribution in [2.75, 3.05) is 32.8 Å². The van der Waals surface area contributed by atoms with Crippen molar-refractivity contribution in [3.05, 3.63) is 100 Å². The van der Waals surface area contributed by atoms with Crippen molar-refractivity contribution >= 4 is 39.2 Å². The molecule has 0 spiro atoms. The van der Waals surface area contributed by atoms with Crippen molar-refractivity contribution in [2.24, 2.45) is 0 Å². The second kappa shape index (κ2) is 12.3. The van der Waals surface area contributed by atoms with Crippen molar-refractivity contribution in [1.29, 1.82) is 0 Å². The molecule has 1 N–H and O–H groups in total. The molecular formula is C28H30BrN3O2S. The van der Waals surface area contributed by atoms with Crippen molar-refractivity contribution in [2.45, 2.75) is 19.4 Å². The lowest BCUT2D eigenvalue weighted by Crippen LogP contribution is -2.53. The SMILES string of the molecule is CCCOc1ccc(C(=O)NC(=S)N2CCN(C(c3ccccc3)c3ccccc3)CC2)cc1Br. The number of nitrogens with zero attached hydrogens (tertiary/aromatic N) is 2. The predicted octanol–water partition coefficient (Wildman–Crippen LogP) is 5.66. The Bertz CT molecular complexity index is 1100. The first kappa shape index (κ1) is 25.4. The van der Waals surface area contributed by atoms with E-state index in [1.165, 1.54) is 11.1 Å². The van der Waals surface area contributed by atoms with E-state index in [2.05, 4.69) is 98.6 Å². The van der Waals surface area contributed by atoms with Gasteiger partial charge in [0, 0.05) is 31.7 Å². The number of benzene rings is 3. The van der Waals surface area contributed by atoms with E-state index in [4.69, 9.17) is 17.0 Å². The Morgan fingerprint density at radius 2 is 1.57 bits per heavy atom. The molecule has 0 aromatic heterocycles. The molecule has 1 fully saturated rings. The Hall–Kier alpha value is -2.74. The molecule has 1 amide bonds. The summed E-state index contributed by atoms with van der Waals surface area (Å²) in [5.41, 5.74) is 3.09. The molecule has 182 valence electrons. The van der Waals surface area contributed by atoms with E-state index in [9.17, 15) is 4.79 Å². The van der Waals surface area contributed by atoms with Gasteiger partial charge in [-0.1, -0.05) is 67.6 Å². The van der Waals surface area contributed by atoms with Crippen LogP contribution >= 0.6 is 28.1 Å². The number of piperazine rings is 1. The molecule has 0 saturated carbocycles. The van der Waals surface area contributed by atoms with E-state index >= 15 is 0 Å². The summed E-state index contributed by atoms with van der Waals surface area (Å²) in [4.78, 5) is 17.4. The molecule has 5 nitrogen and oxygen atoms in total. The van der Waals surface area contributed by atoms with Crippen molar-refractivity contribution in [3.63, 3.8) is 0 Å². The van der Waals surface area contributed by atoms with Crippen LogP contribution < -0.4 is 10.1 Å². The van der Waals surface area contributed by atoms with Gasteiger partial charge in [0.15, 0.2) is 5.11 Å². The third kappa shape index (κ3) is 6.48. The van der Waals surface area contributed by atoms with E-state index in [-0.39, 0.29) is 11.9 Å². The van der Waals surface area contributed by atoms with Gasteiger partial charge in [-0.3, -0.25) is 15.0 Å². The highest BCUT2D eigenvalue weighted by Crippen LogP contribution is 2.29. The third-order valence-electron chi connectivity index (χ3n) is 6.07. The Morgan fingerprint density at radius 3 is 2.11 bits per heavy atom. The average molecular weight is 553 g/mol. The quantitative estimate of drug-likeness (QED) is 0.384. The summed E-state index contributed by atoms with van der Waals surface area (Å²) in [5.74, 6) is 0.514. The Balaban J connectivity index is 1.37. The third-order valence-corrected chi connectivity index (χ3v) is 7.05. The first-order valence-corrected chi connectivity index (χ1v) is 13.1. The van der Waals surface area contributed by atoms with Gasteiger partial charge < -0.3 is 9.64 Å². The molecule has 1 saturated heterocycles. The molecule has 35 heavy (non-hydrogen) atoms. The maximum absolute atomic E-state index is 12.8. The summed E-state index contributed by atoms with van der Waals surface area (Å²) in [6.45, 7) is 5.89. The summed E-state index contributed by atoms with van der Waals surface area (Å²) < 4.78 is 6.43. The van der Waals surface area contributed by atoms with E-state index in [1.807, 2.05) is 6.07 Å². The average Bonchev–Trinajstić information content (AvgIpc) is 2.89. The fraction of sp³-hybridized carbons (Fsp3) is 0.286. The molecule has 0 bridgehead atoms. The highest BCUT2D eigenvalue weighted by Gasteiger charge is 2.27. The first-order chi connectivity index (χ1) is 17.1. The Morgan fingerprint density at radius 1 is 0.971 bits per heavy atom. The van der Waals surface area contributed by atoms with Crippen LogP contribution in [0.2, 0.25) is 0 Å². The molecule has 3 aromatic rings. The van der Waals surface area contributed by atoms with Crippen LogP contribution in [0.3, 0.4) is 0 Å². The second-order valence-electron chi connectivity index (χ2n) is 8.50. The molecule has 1 heterocycles. The number of rotatable bonds is 7. The predicted molar refractivity (Wildman–Crippen MR) is 148 cm³/mol. The van der Waals surface area contributed by atoms with E-state index in [0.717, 1.165) is 42.8 Å². The van der Waals surface area contributed by atoms with Crippen LogP contribution in [0.1, 0.15) is 40.9 Å².